The first-order valence-corrected chi connectivity index (χ1v) is 25.9. The lowest BCUT2D eigenvalue weighted by Crippen LogP contribution is -2.61. The van der Waals surface area contributed by atoms with Crippen molar-refractivity contribution in [2.45, 2.75) is 261 Å². The molecule has 2 fully saturated rings. The summed E-state index contributed by atoms with van der Waals surface area (Å²) in [5.74, 6) is -0.940. The molecule has 2 aliphatic rings. The van der Waals surface area contributed by atoms with Gasteiger partial charge in [-0.05, 0) is 64.2 Å². The lowest BCUT2D eigenvalue weighted by atomic mass is 9.98. The molecular weight excluding hydrogens is 853 g/mol. The number of carbonyl (C=O) groups excluding carboxylic acids is 2. The molecule has 0 aromatic carbocycles. The van der Waals surface area contributed by atoms with E-state index in [0.717, 1.165) is 77.0 Å². The average molecular weight is 945 g/mol. The van der Waals surface area contributed by atoms with Crippen molar-refractivity contribution in [1.29, 1.82) is 0 Å². The van der Waals surface area contributed by atoms with Gasteiger partial charge in [-0.15, -0.1) is 0 Å². The third-order valence-corrected chi connectivity index (χ3v) is 12.4. The first-order chi connectivity index (χ1) is 32.0. The van der Waals surface area contributed by atoms with Gasteiger partial charge in [-0.2, -0.15) is 0 Å². The molecule has 386 valence electrons. The van der Waals surface area contributed by atoms with Crippen LogP contribution in [0.2, 0.25) is 0 Å². The van der Waals surface area contributed by atoms with Crippen LogP contribution >= 0.6 is 0 Å². The Bertz CT molecular complexity index is 1250. The van der Waals surface area contributed by atoms with Gasteiger partial charge in [-0.25, -0.2) is 0 Å². The van der Waals surface area contributed by atoms with Crippen LogP contribution in [-0.2, 0) is 38.0 Å². The minimum atomic E-state index is -1.77. The predicted molar refractivity (Wildman–Crippen MR) is 252 cm³/mol. The van der Waals surface area contributed by atoms with Gasteiger partial charge in [0.2, 0.25) is 0 Å². The number of esters is 2. The second kappa shape index (κ2) is 38.8. The Morgan fingerprint density at radius 3 is 1.33 bits per heavy atom. The maximum atomic E-state index is 13.0. The number of carbonyl (C=O) groups is 2. The fourth-order valence-corrected chi connectivity index (χ4v) is 8.09. The number of aliphatic hydroxyl groups excluding tert-OH is 7. The quantitative estimate of drug-likeness (QED) is 0.0184. The van der Waals surface area contributed by atoms with Crippen LogP contribution in [0.15, 0.2) is 24.3 Å². The van der Waals surface area contributed by atoms with Crippen molar-refractivity contribution in [2.75, 3.05) is 26.4 Å². The Morgan fingerprint density at radius 1 is 0.470 bits per heavy atom. The minimum absolute atomic E-state index is 0.155. The largest absolute Gasteiger partial charge is 0.462 e. The molecule has 2 heterocycles. The van der Waals surface area contributed by atoms with E-state index >= 15 is 0 Å². The summed E-state index contributed by atoms with van der Waals surface area (Å²) < 4.78 is 33.6. The third kappa shape index (κ3) is 26.7. The average Bonchev–Trinajstić information content (AvgIpc) is 3.31. The fraction of sp³-hybridized carbons (Fsp3) is 0.882. The second-order valence-electron chi connectivity index (χ2n) is 18.3. The van der Waals surface area contributed by atoms with Crippen LogP contribution in [0.25, 0.3) is 0 Å². The minimum Gasteiger partial charge on any atom is -0.462 e. The highest BCUT2D eigenvalue weighted by molar-refractivity contribution is 5.70. The van der Waals surface area contributed by atoms with E-state index in [0.29, 0.717) is 12.8 Å². The molecule has 15 heteroatoms. The van der Waals surface area contributed by atoms with Gasteiger partial charge in [0, 0.05) is 12.8 Å². The SMILES string of the molecule is CCCCCCCC/C=C/CCCCCCCC(=O)OC[C@H](CO[C@@H]1O[C@H](CO[C@@H]2O[C@H](CO)[C@H](O)C(O)C2O)[C@H](O)C(O)C1O)OC(=O)CCCCCCC/C=C/CCCCCCCC. The summed E-state index contributed by atoms with van der Waals surface area (Å²) in [7, 11) is 0. The highest BCUT2D eigenvalue weighted by Crippen LogP contribution is 2.26. The first kappa shape index (κ1) is 60.1. The zero-order chi connectivity index (χ0) is 48.2. The van der Waals surface area contributed by atoms with Gasteiger partial charge >= 0.3 is 11.9 Å². The summed E-state index contributed by atoms with van der Waals surface area (Å²) >= 11 is 0. The topological polar surface area (TPSA) is 231 Å². The van der Waals surface area contributed by atoms with Crippen molar-refractivity contribution in [3.8, 4) is 0 Å². The van der Waals surface area contributed by atoms with Gasteiger partial charge in [0.25, 0.3) is 0 Å². The number of unbranched alkanes of at least 4 members (excludes halogenated alkanes) is 22. The first-order valence-electron chi connectivity index (χ1n) is 25.9. The van der Waals surface area contributed by atoms with Crippen LogP contribution in [0.5, 0.6) is 0 Å². The van der Waals surface area contributed by atoms with Crippen molar-refractivity contribution in [3.63, 3.8) is 0 Å². The molecule has 0 bridgehead atoms. The van der Waals surface area contributed by atoms with Crippen LogP contribution in [0, 0.1) is 0 Å². The Morgan fingerprint density at radius 2 is 0.864 bits per heavy atom. The summed E-state index contributed by atoms with van der Waals surface area (Å²) in [5.41, 5.74) is 0. The highest BCUT2D eigenvalue weighted by atomic mass is 16.7. The molecule has 0 saturated carbocycles. The number of rotatable bonds is 40. The van der Waals surface area contributed by atoms with E-state index in [1.807, 2.05) is 0 Å². The monoisotopic (exact) mass is 945 g/mol. The summed E-state index contributed by atoms with van der Waals surface area (Å²) in [6, 6.07) is 0. The van der Waals surface area contributed by atoms with Crippen LogP contribution < -0.4 is 0 Å². The van der Waals surface area contributed by atoms with Crippen molar-refractivity contribution >= 4 is 11.9 Å². The number of allylic oxidation sites excluding steroid dienone is 4. The molecule has 2 aliphatic heterocycles. The molecular formula is C51H92O15. The maximum Gasteiger partial charge on any atom is 0.306 e. The van der Waals surface area contributed by atoms with E-state index in [1.54, 1.807) is 0 Å². The van der Waals surface area contributed by atoms with Crippen molar-refractivity contribution in [2.24, 2.45) is 0 Å². The Kier molecular flexibility index (Phi) is 35.3. The second-order valence-corrected chi connectivity index (χ2v) is 18.3. The van der Waals surface area contributed by atoms with Crippen LogP contribution in [-0.4, -0.2) is 142 Å². The molecule has 0 aromatic heterocycles. The zero-order valence-electron chi connectivity index (χ0n) is 40.7. The molecule has 7 N–H and O–H groups in total. The van der Waals surface area contributed by atoms with Gasteiger partial charge in [0.05, 0.1) is 19.8 Å². The fourth-order valence-electron chi connectivity index (χ4n) is 8.09. The summed E-state index contributed by atoms with van der Waals surface area (Å²) in [4.78, 5) is 25.7. The molecule has 66 heavy (non-hydrogen) atoms. The maximum absolute atomic E-state index is 13.0. The molecule has 4 unspecified atom stereocenters. The van der Waals surface area contributed by atoms with Crippen molar-refractivity contribution in [1.82, 2.24) is 0 Å². The van der Waals surface area contributed by atoms with Gasteiger partial charge < -0.3 is 64.2 Å². The standard InChI is InChI=1S/C51H92O15/c1-3-5-7-9-11-13-15-17-19-21-23-25-27-29-31-33-42(53)61-36-39(64-43(54)34-32-30-28-26-24-22-20-18-16-14-12-10-8-6-4-2)37-62-50-49(60)47(58)45(56)41(66-50)38-63-51-48(59)46(57)44(55)40(35-52)65-51/h17-20,39-41,44-52,55-60H,3-16,21-38H2,1-2H3/b19-17+,20-18+/t39-,40-,41-,44+,45+,46?,47?,48?,49?,50-,51-/m1/s1. The lowest BCUT2D eigenvalue weighted by molar-refractivity contribution is -0.332. The summed E-state index contributed by atoms with van der Waals surface area (Å²) in [5, 5.41) is 72.0. The summed E-state index contributed by atoms with van der Waals surface area (Å²) in [6.07, 6.45) is 22.0. The van der Waals surface area contributed by atoms with Crippen LogP contribution in [0.1, 0.15) is 194 Å². The smallest absolute Gasteiger partial charge is 0.306 e. The predicted octanol–water partition coefficient (Wildman–Crippen LogP) is 7.16. The van der Waals surface area contributed by atoms with Crippen molar-refractivity contribution in [3.05, 3.63) is 24.3 Å². The van der Waals surface area contributed by atoms with E-state index in [4.69, 9.17) is 28.4 Å². The zero-order valence-corrected chi connectivity index (χ0v) is 40.7. The number of aliphatic hydroxyl groups is 7. The van der Waals surface area contributed by atoms with E-state index < -0.39 is 92.7 Å². The molecule has 0 amide bonds. The van der Waals surface area contributed by atoms with E-state index in [-0.39, 0.29) is 26.1 Å². The molecule has 2 rings (SSSR count). The molecule has 0 aliphatic carbocycles. The Hall–Kier alpha value is -2.02. The molecule has 0 spiro atoms. The Balaban J connectivity index is 1.82. The number of ether oxygens (including phenoxy) is 6. The molecule has 11 atom stereocenters. The van der Waals surface area contributed by atoms with Gasteiger partial charge in [-0.3, -0.25) is 9.59 Å². The van der Waals surface area contributed by atoms with Gasteiger partial charge in [0.1, 0.15) is 55.4 Å². The molecule has 0 aromatic rings. The molecule has 0 radical (unpaired) electrons. The van der Waals surface area contributed by atoms with Crippen LogP contribution in [0.3, 0.4) is 0 Å². The van der Waals surface area contributed by atoms with Gasteiger partial charge in [0.15, 0.2) is 18.7 Å². The van der Waals surface area contributed by atoms with Crippen LogP contribution in [0.4, 0.5) is 0 Å². The van der Waals surface area contributed by atoms with E-state index in [9.17, 15) is 45.3 Å². The van der Waals surface area contributed by atoms with E-state index in [2.05, 4.69) is 38.2 Å². The van der Waals surface area contributed by atoms with E-state index in [1.165, 1.54) is 77.0 Å². The molecule has 2 saturated heterocycles. The number of hydrogen-bond donors (Lipinski definition) is 7. The van der Waals surface area contributed by atoms with Gasteiger partial charge in [-0.1, -0.05) is 141 Å². The Labute approximate surface area is 396 Å². The lowest BCUT2D eigenvalue weighted by Gasteiger charge is -2.42. The molecule has 15 nitrogen and oxygen atoms in total. The summed E-state index contributed by atoms with van der Waals surface area (Å²) in [6.45, 7) is 2.57. The highest BCUT2D eigenvalue weighted by Gasteiger charge is 2.47. The third-order valence-electron chi connectivity index (χ3n) is 12.4. The number of hydrogen-bond acceptors (Lipinski definition) is 15. The normalized spacial score (nSPS) is 26.3. The van der Waals surface area contributed by atoms with Crippen molar-refractivity contribution < 1.29 is 73.8 Å².